The Bertz CT molecular complexity index is 490. The highest BCUT2D eigenvalue weighted by atomic mass is 16.3. The summed E-state index contributed by atoms with van der Waals surface area (Å²) < 4.78 is 5.59. The highest BCUT2D eigenvalue weighted by Gasteiger charge is 2.10. The molecule has 0 saturated heterocycles. The van der Waals surface area contributed by atoms with Gasteiger partial charge in [0.15, 0.2) is 0 Å². The van der Waals surface area contributed by atoms with Crippen LogP contribution < -0.4 is 10.6 Å². The molecule has 0 fully saturated rings. The Balaban J connectivity index is 2.18. The topological polar surface area (TPSA) is 42.4 Å². The zero-order chi connectivity index (χ0) is 13.0. The lowest BCUT2D eigenvalue weighted by Gasteiger charge is -2.22. The summed E-state index contributed by atoms with van der Waals surface area (Å²) in [5.74, 6) is 1.82. The number of hydrogen-bond donors (Lipinski definition) is 1. The van der Waals surface area contributed by atoms with Gasteiger partial charge in [-0.25, -0.2) is 0 Å². The molecule has 0 saturated carbocycles. The summed E-state index contributed by atoms with van der Waals surface area (Å²) in [5, 5.41) is 0. The lowest BCUT2D eigenvalue weighted by atomic mass is 10.2. The summed E-state index contributed by atoms with van der Waals surface area (Å²) in [6.45, 7) is 6.43. The van der Waals surface area contributed by atoms with E-state index < -0.39 is 0 Å². The molecule has 96 valence electrons. The van der Waals surface area contributed by atoms with Gasteiger partial charge in [-0.15, -0.1) is 0 Å². The number of para-hydroxylation sites is 1. The van der Waals surface area contributed by atoms with Crippen molar-refractivity contribution in [2.24, 2.45) is 5.73 Å². The second-order valence-electron chi connectivity index (χ2n) is 4.35. The maximum Gasteiger partial charge on any atom is 0.118 e. The number of furan rings is 1. The average molecular weight is 244 g/mol. The second kappa shape index (κ2) is 5.74. The van der Waals surface area contributed by atoms with Gasteiger partial charge in [0, 0.05) is 24.3 Å². The molecule has 0 bridgehead atoms. The Labute approximate surface area is 108 Å². The van der Waals surface area contributed by atoms with Crippen LogP contribution >= 0.6 is 0 Å². The SMILES string of the molecule is CCN(Cc1cc(CN)oc1C)c1ccccc1. The number of anilines is 1. The third-order valence-electron chi connectivity index (χ3n) is 3.14. The molecule has 1 aromatic carbocycles. The fourth-order valence-electron chi connectivity index (χ4n) is 2.08. The van der Waals surface area contributed by atoms with Gasteiger partial charge >= 0.3 is 0 Å². The van der Waals surface area contributed by atoms with Crippen LogP contribution in [0.4, 0.5) is 5.69 Å². The fourth-order valence-corrected chi connectivity index (χ4v) is 2.08. The first-order valence-electron chi connectivity index (χ1n) is 6.32. The van der Waals surface area contributed by atoms with Gasteiger partial charge in [0.1, 0.15) is 11.5 Å². The van der Waals surface area contributed by atoms with Crippen LogP contribution in [-0.2, 0) is 13.1 Å². The van der Waals surface area contributed by atoms with Crippen molar-refractivity contribution in [3.05, 3.63) is 53.5 Å². The van der Waals surface area contributed by atoms with Gasteiger partial charge in [-0.2, -0.15) is 0 Å². The van der Waals surface area contributed by atoms with Crippen LogP contribution in [0.2, 0.25) is 0 Å². The van der Waals surface area contributed by atoms with Gasteiger partial charge < -0.3 is 15.1 Å². The van der Waals surface area contributed by atoms with Gasteiger partial charge in [0.05, 0.1) is 6.54 Å². The van der Waals surface area contributed by atoms with Crippen molar-refractivity contribution < 1.29 is 4.42 Å². The minimum atomic E-state index is 0.457. The summed E-state index contributed by atoms with van der Waals surface area (Å²) in [6, 6.07) is 12.5. The van der Waals surface area contributed by atoms with E-state index in [1.165, 1.54) is 11.3 Å². The number of rotatable bonds is 5. The Kier molecular flexibility index (Phi) is 4.05. The summed E-state index contributed by atoms with van der Waals surface area (Å²) in [4.78, 5) is 2.32. The molecule has 3 nitrogen and oxygen atoms in total. The molecule has 0 radical (unpaired) electrons. The number of benzene rings is 1. The molecule has 2 aromatic rings. The predicted molar refractivity (Wildman–Crippen MR) is 74.5 cm³/mol. The molecular weight excluding hydrogens is 224 g/mol. The maximum atomic E-state index is 5.60. The number of aryl methyl sites for hydroxylation is 1. The van der Waals surface area contributed by atoms with Gasteiger partial charge in [0.2, 0.25) is 0 Å². The van der Waals surface area contributed by atoms with Crippen molar-refractivity contribution in [3.63, 3.8) is 0 Å². The van der Waals surface area contributed by atoms with E-state index in [1.54, 1.807) is 0 Å². The van der Waals surface area contributed by atoms with Crippen molar-refractivity contribution in [2.75, 3.05) is 11.4 Å². The number of nitrogens with zero attached hydrogens (tertiary/aromatic N) is 1. The molecule has 1 aromatic heterocycles. The molecule has 0 spiro atoms. The van der Waals surface area contributed by atoms with Gasteiger partial charge in [0.25, 0.3) is 0 Å². The van der Waals surface area contributed by atoms with Crippen molar-refractivity contribution in [2.45, 2.75) is 26.9 Å². The normalized spacial score (nSPS) is 10.6. The molecule has 0 aliphatic carbocycles. The van der Waals surface area contributed by atoms with Crippen molar-refractivity contribution in [1.29, 1.82) is 0 Å². The van der Waals surface area contributed by atoms with E-state index in [2.05, 4.69) is 42.2 Å². The first kappa shape index (κ1) is 12.7. The summed E-state index contributed by atoms with van der Waals surface area (Å²) in [5.41, 5.74) is 8.04. The van der Waals surface area contributed by atoms with E-state index in [0.717, 1.165) is 24.6 Å². The minimum absolute atomic E-state index is 0.457. The number of hydrogen-bond acceptors (Lipinski definition) is 3. The molecular formula is C15H20N2O. The monoisotopic (exact) mass is 244 g/mol. The van der Waals surface area contributed by atoms with Crippen LogP contribution in [0.25, 0.3) is 0 Å². The first-order chi connectivity index (χ1) is 8.74. The van der Waals surface area contributed by atoms with Crippen LogP contribution in [0.5, 0.6) is 0 Å². The van der Waals surface area contributed by atoms with E-state index in [0.29, 0.717) is 6.54 Å². The smallest absolute Gasteiger partial charge is 0.118 e. The maximum absolute atomic E-state index is 5.60. The standard InChI is InChI=1S/C15H20N2O/c1-3-17(14-7-5-4-6-8-14)11-13-9-15(10-16)18-12(13)2/h4-9H,3,10-11,16H2,1-2H3. The third kappa shape index (κ3) is 2.74. The molecule has 2 rings (SSSR count). The Morgan fingerprint density at radius 2 is 1.94 bits per heavy atom. The van der Waals surface area contributed by atoms with Crippen molar-refractivity contribution in [1.82, 2.24) is 0 Å². The molecule has 0 amide bonds. The summed E-state index contributed by atoms with van der Waals surface area (Å²) >= 11 is 0. The van der Waals surface area contributed by atoms with Crippen molar-refractivity contribution >= 4 is 5.69 Å². The second-order valence-corrected chi connectivity index (χ2v) is 4.35. The molecule has 0 aliphatic heterocycles. The molecule has 0 aliphatic rings. The van der Waals surface area contributed by atoms with E-state index in [9.17, 15) is 0 Å². The van der Waals surface area contributed by atoms with E-state index in [4.69, 9.17) is 10.2 Å². The lowest BCUT2D eigenvalue weighted by molar-refractivity contribution is 0.482. The molecule has 18 heavy (non-hydrogen) atoms. The van der Waals surface area contributed by atoms with Crippen LogP contribution in [0.1, 0.15) is 24.0 Å². The average Bonchev–Trinajstić information content (AvgIpc) is 2.77. The Hall–Kier alpha value is -1.74. The van der Waals surface area contributed by atoms with E-state index >= 15 is 0 Å². The fraction of sp³-hybridized carbons (Fsp3) is 0.333. The highest BCUT2D eigenvalue weighted by Crippen LogP contribution is 2.20. The molecule has 0 unspecified atom stereocenters. The predicted octanol–water partition coefficient (Wildman–Crippen LogP) is 3.07. The van der Waals surface area contributed by atoms with Gasteiger partial charge in [-0.05, 0) is 32.0 Å². The third-order valence-corrected chi connectivity index (χ3v) is 3.14. The largest absolute Gasteiger partial charge is 0.465 e. The van der Waals surface area contributed by atoms with Gasteiger partial charge in [-0.1, -0.05) is 18.2 Å². The highest BCUT2D eigenvalue weighted by molar-refractivity contribution is 5.46. The van der Waals surface area contributed by atoms with Crippen LogP contribution in [-0.4, -0.2) is 6.54 Å². The molecule has 2 N–H and O–H groups in total. The quantitative estimate of drug-likeness (QED) is 0.879. The Morgan fingerprint density at radius 3 is 2.50 bits per heavy atom. The van der Waals surface area contributed by atoms with Crippen LogP contribution in [0.15, 0.2) is 40.8 Å². The van der Waals surface area contributed by atoms with Crippen LogP contribution in [0.3, 0.4) is 0 Å². The van der Waals surface area contributed by atoms with Crippen LogP contribution in [0, 0.1) is 6.92 Å². The Morgan fingerprint density at radius 1 is 1.22 bits per heavy atom. The first-order valence-corrected chi connectivity index (χ1v) is 6.32. The van der Waals surface area contributed by atoms with E-state index in [1.807, 2.05) is 13.0 Å². The lowest BCUT2D eigenvalue weighted by Crippen LogP contribution is -2.21. The summed E-state index contributed by atoms with van der Waals surface area (Å²) in [6.07, 6.45) is 0. The number of nitrogens with two attached hydrogens (primary N) is 1. The van der Waals surface area contributed by atoms with E-state index in [-0.39, 0.29) is 0 Å². The molecule has 3 heteroatoms. The minimum Gasteiger partial charge on any atom is -0.465 e. The van der Waals surface area contributed by atoms with Gasteiger partial charge in [-0.3, -0.25) is 0 Å². The van der Waals surface area contributed by atoms with Crippen molar-refractivity contribution in [3.8, 4) is 0 Å². The zero-order valence-electron chi connectivity index (χ0n) is 11.0. The molecule has 0 atom stereocenters. The summed E-state index contributed by atoms with van der Waals surface area (Å²) in [7, 11) is 0. The zero-order valence-corrected chi connectivity index (χ0v) is 11.0. The molecule has 1 heterocycles.